The molecule has 0 amide bonds. The first-order chi connectivity index (χ1) is 5.79. The first-order valence-corrected chi connectivity index (χ1v) is 5.35. The molecule has 12 heavy (non-hydrogen) atoms. The monoisotopic (exact) mass is 182 g/mol. The van der Waals surface area contributed by atoms with Gasteiger partial charge in [0.05, 0.1) is 12.7 Å². The lowest BCUT2D eigenvalue weighted by molar-refractivity contribution is 0.0126. The lowest BCUT2D eigenvalue weighted by Crippen LogP contribution is -2.18. The number of ether oxygens (including phenoxy) is 1. The SMILES string of the molecule is CC(C)[C@H]1OCCc2sccc21. The summed E-state index contributed by atoms with van der Waals surface area (Å²) in [6.45, 7) is 5.34. The summed E-state index contributed by atoms with van der Waals surface area (Å²) in [5, 5.41) is 2.18. The molecule has 1 nitrogen and oxygen atoms in total. The van der Waals surface area contributed by atoms with E-state index in [-0.39, 0.29) is 0 Å². The Labute approximate surface area is 77.4 Å². The minimum absolute atomic E-state index is 0.347. The van der Waals surface area contributed by atoms with Crippen LogP contribution in [0.1, 0.15) is 30.4 Å². The first-order valence-electron chi connectivity index (χ1n) is 4.47. The van der Waals surface area contributed by atoms with Gasteiger partial charge < -0.3 is 4.74 Å². The normalized spacial score (nSPS) is 22.8. The van der Waals surface area contributed by atoms with Crippen molar-refractivity contribution >= 4 is 11.3 Å². The van der Waals surface area contributed by atoms with Crippen LogP contribution in [0, 0.1) is 5.92 Å². The maximum absolute atomic E-state index is 5.73. The Morgan fingerprint density at radius 1 is 1.58 bits per heavy atom. The fourth-order valence-corrected chi connectivity index (χ4v) is 2.63. The van der Waals surface area contributed by atoms with Crippen LogP contribution in [0.3, 0.4) is 0 Å². The summed E-state index contributed by atoms with van der Waals surface area (Å²) < 4.78 is 5.73. The average molecular weight is 182 g/mol. The van der Waals surface area contributed by atoms with Gasteiger partial charge >= 0.3 is 0 Å². The Balaban J connectivity index is 2.31. The zero-order valence-electron chi connectivity index (χ0n) is 7.54. The molecule has 0 spiro atoms. The molecular weight excluding hydrogens is 168 g/mol. The van der Waals surface area contributed by atoms with Crippen LogP contribution in [0.4, 0.5) is 0 Å². The summed E-state index contributed by atoms with van der Waals surface area (Å²) >= 11 is 1.87. The van der Waals surface area contributed by atoms with Gasteiger partial charge in [0.1, 0.15) is 0 Å². The van der Waals surface area contributed by atoms with Crippen molar-refractivity contribution in [2.24, 2.45) is 5.92 Å². The molecule has 0 fully saturated rings. The third-order valence-electron chi connectivity index (χ3n) is 2.32. The Bertz CT molecular complexity index is 265. The third kappa shape index (κ3) is 1.29. The zero-order valence-corrected chi connectivity index (χ0v) is 8.36. The highest BCUT2D eigenvalue weighted by Crippen LogP contribution is 2.35. The number of fused-ring (bicyclic) bond motifs is 1. The van der Waals surface area contributed by atoms with Crippen molar-refractivity contribution in [3.8, 4) is 0 Å². The summed E-state index contributed by atoms with van der Waals surface area (Å²) in [6.07, 6.45) is 1.45. The largest absolute Gasteiger partial charge is 0.373 e. The molecule has 66 valence electrons. The maximum Gasteiger partial charge on any atom is 0.0858 e. The van der Waals surface area contributed by atoms with Gasteiger partial charge in [-0.15, -0.1) is 11.3 Å². The lowest BCUT2D eigenvalue weighted by Gasteiger charge is -2.26. The molecule has 1 aliphatic heterocycles. The molecule has 0 aromatic carbocycles. The van der Waals surface area contributed by atoms with Crippen LogP contribution < -0.4 is 0 Å². The molecule has 0 radical (unpaired) electrons. The van der Waals surface area contributed by atoms with E-state index in [9.17, 15) is 0 Å². The predicted molar refractivity (Wildman–Crippen MR) is 51.6 cm³/mol. The Hall–Kier alpha value is -0.340. The van der Waals surface area contributed by atoms with Crippen LogP contribution in [-0.4, -0.2) is 6.61 Å². The van der Waals surface area contributed by atoms with E-state index in [1.165, 1.54) is 10.4 Å². The van der Waals surface area contributed by atoms with Gasteiger partial charge in [0.2, 0.25) is 0 Å². The highest BCUT2D eigenvalue weighted by atomic mass is 32.1. The molecule has 1 atom stereocenters. The van der Waals surface area contributed by atoms with Gasteiger partial charge in [-0.1, -0.05) is 13.8 Å². The van der Waals surface area contributed by atoms with Gasteiger partial charge in [0.25, 0.3) is 0 Å². The topological polar surface area (TPSA) is 9.23 Å². The second-order valence-corrected chi connectivity index (χ2v) is 4.59. The van der Waals surface area contributed by atoms with Crippen molar-refractivity contribution in [1.82, 2.24) is 0 Å². The summed E-state index contributed by atoms with van der Waals surface area (Å²) in [4.78, 5) is 1.53. The highest BCUT2D eigenvalue weighted by Gasteiger charge is 2.23. The van der Waals surface area contributed by atoms with Gasteiger partial charge in [-0.2, -0.15) is 0 Å². The van der Waals surface area contributed by atoms with Gasteiger partial charge in [0, 0.05) is 11.3 Å². The first kappa shape index (κ1) is 8.27. The van der Waals surface area contributed by atoms with E-state index in [4.69, 9.17) is 4.74 Å². The van der Waals surface area contributed by atoms with Gasteiger partial charge in [-0.3, -0.25) is 0 Å². The standard InChI is InChI=1S/C10H14OS/c1-7(2)10-8-4-6-12-9(8)3-5-11-10/h4,6-7,10H,3,5H2,1-2H3/t10-/m1/s1. The average Bonchev–Trinajstić information content (AvgIpc) is 2.49. The lowest BCUT2D eigenvalue weighted by atomic mass is 9.97. The van der Waals surface area contributed by atoms with Gasteiger partial charge in [-0.25, -0.2) is 0 Å². The summed E-state index contributed by atoms with van der Waals surface area (Å²) in [7, 11) is 0. The Morgan fingerprint density at radius 2 is 2.42 bits per heavy atom. The second kappa shape index (κ2) is 3.19. The fourth-order valence-electron chi connectivity index (χ4n) is 1.73. The quantitative estimate of drug-likeness (QED) is 0.648. The minimum Gasteiger partial charge on any atom is -0.373 e. The summed E-state index contributed by atoms with van der Waals surface area (Å²) in [6, 6.07) is 2.21. The van der Waals surface area contributed by atoms with Crippen LogP contribution in [0.15, 0.2) is 11.4 Å². The summed E-state index contributed by atoms with van der Waals surface area (Å²) in [5.74, 6) is 0.596. The van der Waals surface area contributed by atoms with Crippen molar-refractivity contribution in [3.63, 3.8) is 0 Å². The number of thiophene rings is 1. The number of hydrogen-bond acceptors (Lipinski definition) is 2. The van der Waals surface area contributed by atoms with Crippen LogP contribution in [0.25, 0.3) is 0 Å². The third-order valence-corrected chi connectivity index (χ3v) is 3.31. The molecule has 1 aliphatic rings. The smallest absolute Gasteiger partial charge is 0.0858 e. The molecule has 0 saturated heterocycles. The van der Waals surface area contributed by atoms with E-state index in [1.807, 2.05) is 11.3 Å². The van der Waals surface area contributed by atoms with Crippen LogP contribution in [0.5, 0.6) is 0 Å². The Kier molecular flexibility index (Phi) is 2.20. The van der Waals surface area contributed by atoms with E-state index in [2.05, 4.69) is 25.3 Å². The van der Waals surface area contributed by atoms with Gasteiger partial charge in [0.15, 0.2) is 0 Å². The molecule has 1 aromatic rings. The number of rotatable bonds is 1. The molecule has 2 heteroatoms. The molecule has 0 N–H and O–H groups in total. The summed E-state index contributed by atoms with van der Waals surface area (Å²) in [5.41, 5.74) is 1.43. The van der Waals surface area contributed by atoms with Crippen LogP contribution in [-0.2, 0) is 11.2 Å². The molecule has 1 aromatic heterocycles. The van der Waals surface area contributed by atoms with Crippen molar-refractivity contribution in [2.75, 3.05) is 6.61 Å². The Morgan fingerprint density at radius 3 is 3.17 bits per heavy atom. The van der Waals surface area contributed by atoms with E-state index in [0.717, 1.165) is 13.0 Å². The molecule has 0 unspecified atom stereocenters. The molecule has 2 rings (SSSR count). The van der Waals surface area contributed by atoms with E-state index < -0.39 is 0 Å². The van der Waals surface area contributed by atoms with Crippen LogP contribution >= 0.6 is 11.3 Å². The predicted octanol–water partition coefficient (Wildman–Crippen LogP) is 3.02. The molecule has 0 saturated carbocycles. The van der Waals surface area contributed by atoms with E-state index >= 15 is 0 Å². The molecular formula is C10H14OS. The maximum atomic E-state index is 5.73. The van der Waals surface area contributed by atoms with E-state index in [0.29, 0.717) is 12.0 Å². The van der Waals surface area contributed by atoms with Crippen molar-refractivity contribution < 1.29 is 4.74 Å². The second-order valence-electron chi connectivity index (χ2n) is 3.58. The van der Waals surface area contributed by atoms with Crippen molar-refractivity contribution in [2.45, 2.75) is 26.4 Å². The van der Waals surface area contributed by atoms with Crippen LogP contribution in [0.2, 0.25) is 0 Å². The van der Waals surface area contributed by atoms with Gasteiger partial charge in [-0.05, 0) is 22.9 Å². The highest BCUT2D eigenvalue weighted by molar-refractivity contribution is 7.10. The molecule has 2 heterocycles. The van der Waals surface area contributed by atoms with E-state index in [1.54, 1.807) is 0 Å². The minimum atomic E-state index is 0.347. The number of hydrogen-bond donors (Lipinski definition) is 0. The molecule has 0 bridgehead atoms. The molecule has 0 aliphatic carbocycles. The van der Waals surface area contributed by atoms with Crippen molar-refractivity contribution in [1.29, 1.82) is 0 Å². The zero-order chi connectivity index (χ0) is 8.55. The van der Waals surface area contributed by atoms with Crippen molar-refractivity contribution in [3.05, 3.63) is 21.9 Å². The fraction of sp³-hybridized carbons (Fsp3) is 0.600.